The van der Waals surface area contributed by atoms with E-state index in [1.807, 2.05) is 24.3 Å². The molecule has 1 fully saturated rings. The smallest absolute Gasteiger partial charge is 0.307 e. The highest BCUT2D eigenvalue weighted by Crippen LogP contribution is 2.43. The van der Waals surface area contributed by atoms with Crippen LogP contribution in [-0.4, -0.2) is 51.8 Å². The maximum atomic E-state index is 13.1. The van der Waals surface area contributed by atoms with Gasteiger partial charge in [0.2, 0.25) is 0 Å². The summed E-state index contributed by atoms with van der Waals surface area (Å²) in [6.45, 7) is 1.43. The first-order valence-corrected chi connectivity index (χ1v) is 12.7. The van der Waals surface area contributed by atoms with Crippen molar-refractivity contribution < 1.29 is 14.3 Å². The monoisotopic (exact) mass is 506 g/mol. The Bertz CT molecular complexity index is 1320. The number of carbonyl (C=O) groups is 2. The second kappa shape index (κ2) is 11.4. The number of nitrogens with zero attached hydrogens (tertiary/aromatic N) is 4. The highest BCUT2D eigenvalue weighted by Gasteiger charge is 2.44. The van der Waals surface area contributed by atoms with Crippen LogP contribution in [0.5, 0.6) is 0 Å². The van der Waals surface area contributed by atoms with Gasteiger partial charge in [-0.1, -0.05) is 96.2 Å². The molecule has 1 aliphatic heterocycles. The van der Waals surface area contributed by atoms with Crippen LogP contribution >= 0.6 is 0 Å². The fraction of sp³-hybridized carbons (Fsp3) is 0.226. The molecule has 1 aromatic heterocycles. The molecule has 0 saturated carbocycles. The van der Waals surface area contributed by atoms with E-state index in [4.69, 9.17) is 4.74 Å². The largest absolute Gasteiger partial charge is 0.469 e. The summed E-state index contributed by atoms with van der Waals surface area (Å²) in [5.41, 5.74) is 4.09. The average molecular weight is 507 g/mol. The summed E-state index contributed by atoms with van der Waals surface area (Å²) in [6, 6.07) is 31.4. The van der Waals surface area contributed by atoms with E-state index in [9.17, 15) is 9.59 Å². The van der Waals surface area contributed by atoms with E-state index in [1.165, 1.54) is 7.11 Å². The van der Waals surface area contributed by atoms with Crippen LogP contribution in [0.1, 0.15) is 35.2 Å². The number of hydrogen-bond acceptors (Lipinski definition) is 6. The van der Waals surface area contributed by atoms with Crippen LogP contribution in [0.25, 0.3) is 6.08 Å². The molecule has 7 heteroatoms. The molecular formula is C31H30N4O3. The van der Waals surface area contributed by atoms with Crippen molar-refractivity contribution in [1.82, 2.24) is 19.9 Å². The molecule has 38 heavy (non-hydrogen) atoms. The van der Waals surface area contributed by atoms with E-state index >= 15 is 0 Å². The molecule has 0 unspecified atom stereocenters. The van der Waals surface area contributed by atoms with Gasteiger partial charge >= 0.3 is 5.97 Å². The van der Waals surface area contributed by atoms with E-state index in [1.54, 1.807) is 10.9 Å². The fourth-order valence-corrected chi connectivity index (χ4v) is 5.24. The van der Waals surface area contributed by atoms with Crippen LogP contribution in [0.15, 0.2) is 103 Å². The van der Waals surface area contributed by atoms with Crippen LogP contribution in [-0.2, 0) is 26.4 Å². The van der Waals surface area contributed by atoms with Gasteiger partial charge < -0.3 is 4.74 Å². The minimum absolute atomic E-state index is 0.105. The molecule has 0 atom stereocenters. The second-order valence-electron chi connectivity index (χ2n) is 9.31. The number of methoxy groups -OCH3 is 1. The number of Topliss-reactive ketones (excluding diaryl/α,β-unsaturated/α-hetero) is 1. The summed E-state index contributed by atoms with van der Waals surface area (Å²) >= 11 is 0. The molecule has 5 rings (SSSR count). The highest BCUT2D eigenvalue weighted by molar-refractivity contribution is 6.00. The van der Waals surface area contributed by atoms with E-state index in [0.717, 1.165) is 16.7 Å². The Morgan fingerprint density at radius 3 is 2.00 bits per heavy atom. The molecule has 0 N–H and O–H groups in total. The lowest BCUT2D eigenvalue weighted by molar-refractivity contribution is -0.140. The van der Waals surface area contributed by atoms with Gasteiger partial charge in [-0.25, -0.2) is 0 Å². The van der Waals surface area contributed by atoms with Crippen LogP contribution in [0.4, 0.5) is 0 Å². The van der Waals surface area contributed by atoms with E-state index in [0.29, 0.717) is 37.3 Å². The number of benzene rings is 3. The van der Waals surface area contributed by atoms with Crippen molar-refractivity contribution in [3.05, 3.63) is 125 Å². The van der Waals surface area contributed by atoms with Gasteiger partial charge in [0.05, 0.1) is 31.8 Å². The second-order valence-corrected chi connectivity index (χ2v) is 9.31. The Morgan fingerprint density at radius 2 is 1.47 bits per heavy atom. The fourth-order valence-electron chi connectivity index (χ4n) is 5.24. The summed E-state index contributed by atoms with van der Waals surface area (Å²) in [4.78, 5) is 27.0. The standard InChI is InChI=1S/C31H30N4O3/c1-38-30(37)18-20-35-23-28(32-33-35)21-24-22-34(19-17-29(24)36)31(25-11-5-2-6-12-25,26-13-7-3-8-14-26)27-15-9-4-10-16-27/h2-16,21,23H,17-20,22H2,1H3/b24-21+. The Hall–Kier alpha value is -4.36. The molecule has 4 aromatic rings. The van der Waals surface area contributed by atoms with Crippen LogP contribution in [0, 0.1) is 0 Å². The van der Waals surface area contributed by atoms with Gasteiger partial charge in [-0.2, -0.15) is 0 Å². The van der Waals surface area contributed by atoms with Gasteiger partial charge in [-0.15, -0.1) is 5.10 Å². The zero-order chi connectivity index (χ0) is 26.4. The van der Waals surface area contributed by atoms with Crippen molar-refractivity contribution in [1.29, 1.82) is 0 Å². The molecule has 7 nitrogen and oxygen atoms in total. The number of rotatable bonds is 8. The first kappa shape index (κ1) is 25.3. The zero-order valence-electron chi connectivity index (χ0n) is 21.4. The van der Waals surface area contributed by atoms with E-state index < -0.39 is 5.54 Å². The number of ketones is 1. The lowest BCUT2D eigenvalue weighted by atomic mass is 9.74. The molecule has 3 aromatic carbocycles. The van der Waals surface area contributed by atoms with Crippen molar-refractivity contribution >= 4 is 17.8 Å². The summed E-state index contributed by atoms with van der Waals surface area (Å²) in [6.07, 6.45) is 4.18. The SMILES string of the molecule is COC(=O)CCn1cc(/C=C2\CN(C(c3ccccc3)(c3ccccc3)c3ccccc3)CCC2=O)nn1. The van der Waals surface area contributed by atoms with Crippen molar-refractivity contribution in [2.24, 2.45) is 0 Å². The number of carbonyl (C=O) groups excluding carboxylic acids is 2. The maximum absolute atomic E-state index is 13.1. The third-order valence-corrected chi connectivity index (χ3v) is 7.03. The van der Waals surface area contributed by atoms with Crippen molar-refractivity contribution in [3.63, 3.8) is 0 Å². The Morgan fingerprint density at radius 1 is 0.921 bits per heavy atom. The normalized spacial score (nSPS) is 15.5. The summed E-state index contributed by atoms with van der Waals surface area (Å²) in [5, 5.41) is 8.34. The first-order chi connectivity index (χ1) is 18.6. The first-order valence-electron chi connectivity index (χ1n) is 12.7. The minimum Gasteiger partial charge on any atom is -0.469 e. The summed E-state index contributed by atoms with van der Waals surface area (Å²) in [5.74, 6) is -0.203. The number of aromatic nitrogens is 3. The molecular weight excluding hydrogens is 476 g/mol. The average Bonchev–Trinajstić information content (AvgIpc) is 3.43. The van der Waals surface area contributed by atoms with Gasteiger partial charge in [0, 0.05) is 25.1 Å². The quantitative estimate of drug-likeness (QED) is 0.199. The van der Waals surface area contributed by atoms with Crippen LogP contribution in [0.3, 0.4) is 0 Å². The van der Waals surface area contributed by atoms with Gasteiger partial charge in [0.15, 0.2) is 5.78 Å². The molecule has 1 aliphatic rings. The molecule has 0 radical (unpaired) electrons. The third kappa shape index (κ3) is 5.06. The number of aryl methyl sites for hydroxylation is 1. The molecule has 0 bridgehead atoms. The van der Waals surface area contributed by atoms with Crippen molar-refractivity contribution in [2.75, 3.05) is 20.2 Å². The lowest BCUT2D eigenvalue weighted by Crippen LogP contribution is -2.52. The van der Waals surface area contributed by atoms with E-state index in [-0.39, 0.29) is 18.2 Å². The maximum Gasteiger partial charge on any atom is 0.307 e. The molecule has 192 valence electrons. The number of hydrogen-bond donors (Lipinski definition) is 0. The van der Waals surface area contributed by atoms with E-state index in [2.05, 4.69) is 88.0 Å². The van der Waals surface area contributed by atoms with Gasteiger partial charge in [0.1, 0.15) is 5.69 Å². The predicted molar refractivity (Wildman–Crippen MR) is 145 cm³/mol. The Labute approximate surface area is 222 Å². The topological polar surface area (TPSA) is 77.3 Å². The Kier molecular flexibility index (Phi) is 7.56. The van der Waals surface area contributed by atoms with Gasteiger partial charge in [-0.05, 0) is 22.8 Å². The molecule has 0 amide bonds. The molecule has 0 spiro atoms. The highest BCUT2D eigenvalue weighted by atomic mass is 16.5. The predicted octanol–water partition coefficient (Wildman–Crippen LogP) is 4.49. The van der Waals surface area contributed by atoms with Crippen LogP contribution in [0.2, 0.25) is 0 Å². The minimum atomic E-state index is -0.596. The number of piperidine rings is 1. The van der Waals surface area contributed by atoms with Gasteiger partial charge in [0.25, 0.3) is 0 Å². The number of esters is 1. The number of ether oxygens (including phenoxy) is 1. The third-order valence-electron chi connectivity index (χ3n) is 7.03. The number of likely N-dealkylation sites (tertiary alicyclic amines) is 1. The van der Waals surface area contributed by atoms with Crippen molar-refractivity contribution in [3.8, 4) is 0 Å². The molecule has 2 heterocycles. The van der Waals surface area contributed by atoms with Crippen LogP contribution < -0.4 is 0 Å². The Balaban J connectivity index is 1.56. The summed E-state index contributed by atoms with van der Waals surface area (Å²) in [7, 11) is 1.36. The summed E-state index contributed by atoms with van der Waals surface area (Å²) < 4.78 is 6.30. The molecule has 1 saturated heterocycles. The lowest BCUT2D eigenvalue weighted by Gasteiger charge is -2.47. The van der Waals surface area contributed by atoms with Gasteiger partial charge in [-0.3, -0.25) is 19.2 Å². The zero-order valence-corrected chi connectivity index (χ0v) is 21.4. The molecule has 0 aliphatic carbocycles. The van der Waals surface area contributed by atoms with Crippen molar-refractivity contribution in [2.45, 2.75) is 24.9 Å².